The van der Waals surface area contributed by atoms with Gasteiger partial charge in [-0.1, -0.05) is 15.9 Å². The van der Waals surface area contributed by atoms with Gasteiger partial charge in [0.25, 0.3) is 0 Å². The van der Waals surface area contributed by atoms with E-state index in [-0.39, 0.29) is 6.10 Å². The lowest BCUT2D eigenvalue weighted by atomic mass is 9.92. The molecule has 1 heterocycles. The first kappa shape index (κ1) is 15.2. The fourth-order valence-electron chi connectivity index (χ4n) is 2.61. The first-order chi connectivity index (χ1) is 9.19. The minimum Gasteiger partial charge on any atom is -0.496 e. The van der Waals surface area contributed by atoms with E-state index in [0.29, 0.717) is 12.3 Å². The van der Waals surface area contributed by atoms with Crippen molar-refractivity contribution in [3.05, 3.63) is 28.2 Å². The lowest BCUT2D eigenvalue weighted by molar-refractivity contribution is 0.138. The van der Waals surface area contributed by atoms with Crippen LogP contribution in [-0.4, -0.2) is 29.8 Å². The zero-order chi connectivity index (χ0) is 13.7. The molecular weight excluding hydrogens is 324 g/mol. The Labute approximate surface area is 128 Å². The quantitative estimate of drug-likeness (QED) is 0.878. The summed E-state index contributed by atoms with van der Waals surface area (Å²) in [4.78, 5) is 0. The predicted octanol–water partition coefficient (Wildman–Crippen LogP) is 3.89. The number of benzene rings is 1. The van der Waals surface area contributed by atoms with Crippen LogP contribution in [0.3, 0.4) is 0 Å². The van der Waals surface area contributed by atoms with E-state index in [1.807, 2.05) is 30.0 Å². The molecule has 0 bridgehead atoms. The second kappa shape index (κ2) is 7.55. The van der Waals surface area contributed by atoms with Crippen molar-refractivity contribution in [3.8, 4) is 5.75 Å². The Morgan fingerprint density at radius 2 is 2.16 bits per heavy atom. The van der Waals surface area contributed by atoms with Gasteiger partial charge < -0.3 is 9.84 Å². The molecule has 4 heteroatoms. The first-order valence-corrected chi connectivity index (χ1v) is 8.72. The van der Waals surface area contributed by atoms with Gasteiger partial charge >= 0.3 is 0 Å². The van der Waals surface area contributed by atoms with Gasteiger partial charge in [0.1, 0.15) is 5.75 Å². The van der Waals surface area contributed by atoms with Crippen molar-refractivity contribution in [2.45, 2.75) is 31.8 Å². The van der Waals surface area contributed by atoms with Crippen LogP contribution in [0, 0.1) is 5.92 Å². The maximum absolute atomic E-state index is 10.3. The minimum atomic E-state index is -0.267. The number of thioether (sulfide) groups is 1. The summed E-state index contributed by atoms with van der Waals surface area (Å²) in [6.45, 7) is 0. The van der Waals surface area contributed by atoms with Crippen LogP contribution >= 0.6 is 27.7 Å². The molecule has 0 radical (unpaired) electrons. The number of halogens is 1. The van der Waals surface area contributed by atoms with Gasteiger partial charge in [0, 0.05) is 10.9 Å². The van der Waals surface area contributed by atoms with Crippen LogP contribution in [0.25, 0.3) is 0 Å². The molecule has 1 saturated heterocycles. The molecule has 0 aromatic heterocycles. The van der Waals surface area contributed by atoms with Crippen LogP contribution in [0.15, 0.2) is 22.7 Å². The number of hydrogen-bond donors (Lipinski definition) is 1. The molecular formula is C15H21BrO2S. The van der Waals surface area contributed by atoms with Crippen molar-refractivity contribution in [1.82, 2.24) is 0 Å². The molecule has 0 spiro atoms. The van der Waals surface area contributed by atoms with E-state index in [1.165, 1.54) is 24.3 Å². The zero-order valence-electron chi connectivity index (χ0n) is 11.3. The average molecular weight is 345 g/mol. The molecule has 0 aliphatic carbocycles. The summed E-state index contributed by atoms with van der Waals surface area (Å²) < 4.78 is 6.39. The summed E-state index contributed by atoms with van der Waals surface area (Å²) in [6, 6.07) is 5.95. The van der Waals surface area contributed by atoms with Crippen molar-refractivity contribution in [1.29, 1.82) is 0 Å². The molecule has 2 nitrogen and oxygen atoms in total. The van der Waals surface area contributed by atoms with Crippen molar-refractivity contribution >= 4 is 27.7 Å². The van der Waals surface area contributed by atoms with Gasteiger partial charge in [-0.3, -0.25) is 0 Å². The van der Waals surface area contributed by atoms with Gasteiger partial charge in [0.2, 0.25) is 0 Å². The van der Waals surface area contributed by atoms with Gasteiger partial charge in [-0.15, -0.1) is 0 Å². The summed E-state index contributed by atoms with van der Waals surface area (Å²) in [5.41, 5.74) is 1.08. The van der Waals surface area contributed by atoms with E-state index in [4.69, 9.17) is 4.74 Å². The van der Waals surface area contributed by atoms with Crippen molar-refractivity contribution < 1.29 is 9.84 Å². The lowest BCUT2D eigenvalue weighted by Crippen LogP contribution is -2.19. The molecule has 2 rings (SSSR count). The smallest absolute Gasteiger partial charge is 0.122 e. The highest BCUT2D eigenvalue weighted by Gasteiger charge is 2.19. The summed E-state index contributed by atoms with van der Waals surface area (Å²) in [6.07, 6.45) is 3.81. The number of methoxy groups -OCH3 is 1. The summed E-state index contributed by atoms with van der Waals surface area (Å²) >= 11 is 5.50. The number of hydrogen-bond acceptors (Lipinski definition) is 3. The normalized spacial score (nSPS) is 18.3. The Morgan fingerprint density at radius 1 is 1.42 bits per heavy atom. The van der Waals surface area contributed by atoms with Gasteiger partial charge in [-0.2, -0.15) is 11.8 Å². The van der Waals surface area contributed by atoms with Gasteiger partial charge in [-0.25, -0.2) is 0 Å². The SMILES string of the molecule is COc1ccc(Br)cc1CC(O)CC1CCSCC1. The lowest BCUT2D eigenvalue weighted by Gasteiger charge is -2.24. The number of aliphatic hydroxyl groups is 1. The van der Waals surface area contributed by atoms with E-state index in [0.717, 1.165) is 22.2 Å². The van der Waals surface area contributed by atoms with Crippen LogP contribution < -0.4 is 4.74 Å². The molecule has 0 amide bonds. The highest BCUT2D eigenvalue weighted by molar-refractivity contribution is 9.10. The van der Waals surface area contributed by atoms with Crippen molar-refractivity contribution in [2.24, 2.45) is 5.92 Å². The molecule has 1 N–H and O–H groups in total. The molecule has 19 heavy (non-hydrogen) atoms. The zero-order valence-corrected chi connectivity index (χ0v) is 13.7. The highest BCUT2D eigenvalue weighted by atomic mass is 79.9. The maximum Gasteiger partial charge on any atom is 0.122 e. The van der Waals surface area contributed by atoms with Gasteiger partial charge in [0.05, 0.1) is 13.2 Å². The molecule has 1 aromatic carbocycles. The Kier molecular flexibility index (Phi) is 6.05. The second-order valence-electron chi connectivity index (χ2n) is 5.11. The van der Waals surface area contributed by atoms with Crippen LogP contribution in [0.4, 0.5) is 0 Å². The van der Waals surface area contributed by atoms with E-state index in [2.05, 4.69) is 15.9 Å². The number of aliphatic hydroxyl groups excluding tert-OH is 1. The summed E-state index contributed by atoms with van der Waals surface area (Å²) in [5.74, 6) is 4.05. The molecule has 1 atom stereocenters. The van der Waals surface area contributed by atoms with Crippen LogP contribution in [-0.2, 0) is 6.42 Å². The topological polar surface area (TPSA) is 29.5 Å². The van der Waals surface area contributed by atoms with Crippen LogP contribution in [0.5, 0.6) is 5.75 Å². The summed E-state index contributed by atoms with van der Waals surface area (Å²) in [7, 11) is 1.68. The van der Waals surface area contributed by atoms with Crippen LogP contribution in [0.2, 0.25) is 0 Å². The van der Waals surface area contributed by atoms with Gasteiger partial charge in [0.15, 0.2) is 0 Å². The Bertz CT molecular complexity index is 405. The molecule has 106 valence electrons. The first-order valence-electron chi connectivity index (χ1n) is 6.77. The molecule has 1 aromatic rings. The molecule has 1 aliphatic heterocycles. The van der Waals surface area contributed by atoms with E-state index >= 15 is 0 Å². The van der Waals surface area contributed by atoms with E-state index in [1.54, 1.807) is 7.11 Å². The fourth-order valence-corrected chi connectivity index (χ4v) is 4.22. The maximum atomic E-state index is 10.3. The van der Waals surface area contributed by atoms with Crippen LogP contribution in [0.1, 0.15) is 24.8 Å². The van der Waals surface area contributed by atoms with Crippen molar-refractivity contribution in [3.63, 3.8) is 0 Å². The summed E-state index contributed by atoms with van der Waals surface area (Å²) in [5, 5.41) is 10.3. The molecule has 0 saturated carbocycles. The van der Waals surface area contributed by atoms with E-state index in [9.17, 15) is 5.11 Å². The standard InChI is InChI=1S/C15H21BrO2S/c1-18-15-3-2-13(16)9-12(15)10-14(17)8-11-4-6-19-7-5-11/h2-3,9,11,14,17H,4-8,10H2,1H3. The Morgan fingerprint density at radius 3 is 2.84 bits per heavy atom. The third-order valence-corrected chi connectivity index (χ3v) is 5.19. The molecule has 1 fully saturated rings. The fraction of sp³-hybridized carbons (Fsp3) is 0.600. The molecule has 1 aliphatic rings. The predicted molar refractivity (Wildman–Crippen MR) is 85.1 cm³/mol. The average Bonchev–Trinajstić information content (AvgIpc) is 2.40. The third-order valence-electron chi connectivity index (χ3n) is 3.64. The largest absolute Gasteiger partial charge is 0.496 e. The molecule has 1 unspecified atom stereocenters. The van der Waals surface area contributed by atoms with Gasteiger partial charge in [-0.05, 0) is 60.4 Å². The highest BCUT2D eigenvalue weighted by Crippen LogP contribution is 2.29. The minimum absolute atomic E-state index is 0.267. The monoisotopic (exact) mass is 344 g/mol. The van der Waals surface area contributed by atoms with E-state index < -0.39 is 0 Å². The second-order valence-corrected chi connectivity index (χ2v) is 7.25. The third kappa shape index (κ3) is 4.69. The Balaban J connectivity index is 1.93. The van der Waals surface area contributed by atoms with Crippen molar-refractivity contribution in [2.75, 3.05) is 18.6 Å². The number of rotatable bonds is 5. The number of ether oxygens (including phenoxy) is 1. The Hall–Kier alpha value is -0.190.